The van der Waals surface area contributed by atoms with E-state index in [4.69, 9.17) is 9.68 Å². The number of unbranched alkanes of at least 4 members (excludes halogenated alkanes) is 4. The molecule has 4 aliphatic heterocycles. The summed E-state index contributed by atoms with van der Waals surface area (Å²) in [6.07, 6.45) is 12.2. The number of amides is 4. The number of fused-ring (bicyclic) bond motifs is 2. The van der Waals surface area contributed by atoms with E-state index in [1.807, 2.05) is 49.3 Å². The highest BCUT2D eigenvalue weighted by molar-refractivity contribution is 7.86. The molecule has 0 saturated carbocycles. The van der Waals surface area contributed by atoms with Crippen LogP contribution < -0.4 is 4.90 Å². The van der Waals surface area contributed by atoms with Gasteiger partial charge in [0, 0.05) is 80.4 Å². The Morgan fingerprint density at radius 2 is 1.32 bits per heavy atom. The summed E-state index contributed by atoms with van der Waals surface area (Å²) < 4.78 is 73.5. The van der Waals surface area contributed by atoms with E-state index in [0.29, 0.717) is 84.2 Å². The molecule has 0 aromatic heterocycles. The predicted octanol–water partition coefficient (Wildman–Crippen LogP) is 5.34. The minimum atomic E-state index is -4.75. The molecule has 18 nitrogen and oxygen atoms in total. The predicted molar refractivity (Wildman–Crippen MR) is 232 cm³/mol. The zero-order valence-corrected chi connectivity index (χ0v) is 38.2. The van der Waals surface area contributed by atoms with Crippen molar-refractivity contribution in [3.8, 4) is 0 Å². The molecule has 2 aromatic carbocycles. The van der Waals surface area contributed by atoms with Gasteiger partial charge in [0.25, 0.3) is 33.7 Å². The summed E-state index contributed by atoms with van der Waals surface area (Å²) >= 11 is 0. The number of allylic oxidation sites excluding steroid dienone is 6. The van der Waals surface area contributed by atoms with Gasteiger partial charge in [-0.3, -0.25) is 23.7 Å². The molecule has 65 heavy (non-hydrogen) atoms. The summed E-state index contributed by atoms with van der Waals surface area (Å²) in [5.74, 6) is -3.62. The van der Waals surface area contributed by atoms with Gasteiger partial charge < -0.3 is 19.1 Å². The Morgan fingerprint density at radius 3 is 1.88 bits per heavy atom. The van der Waals surface area contributed by atoms with E-state index in [2.05, 4.69) is 0 Å². The lowest BCUT2D eigenvalue weighted by molar-refractivity contribution is -0.438. The number of hydrogen-bond acceptors (Lipinski definition) is 14. The maximum atomic E-state index is 12.6. The minimum absolute atomic E-state index is 0.00290. The Kier molecular flexibility index (Phi) is 14.5. The van der Waals surface area contributed by atoms with Gasteiger partial charge in [0.2, 0.25) is 5.69 Å². The van der Waals surface area contributed by atoms with Gasteiger partial charge >= 0.3 is 11.9 Å². The van der Waals surface area contributed by atoms with Crippen molar-refractivity contribution in [2.45, 2.75) is 125 Å². The summed E-state index contributed by atoms with van der Waals surface area (Å²) in [6.45, 7) is 8.41. The first-order valence-corrected chi connectivity index (χ1v) is 24.2. The topological polar surface area (TPSA) is 245 Å². The summed E-state index contributed by atoms with van der Waals surface area (Å²) in [5.41, 5.74) is 2.24. The van der Waals surface area contributed by atoms with Crippen LogP contribution in [0.25, 0.3) is 0 Å². The standard InChI is InChI=1S/C45H52N4O14S2/c1-44(2)31-29-30(64(56,57)58)21-22-32(31)46(27-12-6-10-19-41(54)62-48-37(50)23-24-38(48)51)35(44)17-8-5-9-18-36-45(3,4)43-33(15-14-16-34(43)65(59,60)61)47(36)28-13-7-11-20-42(55)63-49-39(52)25-26-40(49)53/h5,8-9,14-18,21-22,29H,6-7,10-13,19-20,23-28H2,1-4H3,(H-,56,57,58,59,60,61). The van der Waals surface area contributed by atoms with Crippen LogP contribution in [0.2, 0.25) is 0 Å². The second-order valence-corrected chi connectivity index (χ2v) is 20.0. The highest BCUT2D eigenvalue weighted by atomic mass is 32.2. The number of carbonyl (C=O) groups excluding carboxylic acids is 6. The molecule has 4 heterocycles. The number of carbonyl (C=O) groups is 6. The van der Waals surface area contributed by atoms with Crippen LogP contribution in [0.5, 0.6) is 0 Å². The molecule has 2 saturated heterocycles. The van der Waals surface area contributed by atoms with Gasteiger partial charge in [0.1, 0.15) is 21.6 Å². The zero-order chi connectivity index (χ0) is 47.5. The van der Waals surface area contributed by atoms with Crippen LogP contribution >= 0.6 is 0 Å². The van der Waals surface area contributed by atoms with Crippen LogP contribution in [0.15, 0.2) is 82.3 Å². The lowest BCUT2D eigenvalue weighted by atomic mass is 9.81. The lowest BCUT2D eigenvalue weighted by Crippen LogP contribution is -2.32. The molecule has 2 fully saturated rings. The smallest absolute Gasteiger partial charge is 0.333 e. The van der Waals surface area contributed by atoms with Crippen LogP contribution in [-0.2, 0) is 69.5 Å². The molecule has 4 aliphatic rings. The first-order chi connectivity index (χ1) is 30.5. The fraction of sp³-hybridized carbons (Fsp3) is 0.444. The molecule has 0 bridgehead atoms. The normalized spacial score (nSPS) is 18.9. The van der Waals surface area contributed by atoms with Gasteiger partial charge in [-0.05, 0) is 75.4 Å². The number of imide groups is 2. The van der Waals surface area contributed by atoms with Crippen LogP contribution in [-0.4, -0.2) is 95.0 Å². The van der Waals surface area contributed by atoms with E-state index >= 15 is 0 Å². The largest absolute Gasteiger partial charge is 0.744 e. The lowest BCUT2D eigenvalue weighted by Gasteiger charge is -2.27. The maximum Gasteiger partial charge on any atom is 0.333 e. The quantitative estimate of drug-likeness (QED) is 0.0614. The number of nitrogens with zero attached hydrogens (tertiary/aromatic N) is 4. The Bertz CT molecular complexity index is 2630. The van der Waals surface area contributed by atoms with E-state index < -0.39 is 66.6 Å². The van der Waals surface area contributed by atoms with Gasteiger partial charge in [-0.15, -0.1) is 10.1 Å². The van der Waals surface area contributed by atoms with Gasteiger partial charge in [0.05, 0.1) is 15.9 Å². The van der Waals surface area contributed by atoms with Crippen molar-refractivity contribution in [1.29, 1.82) is 0 Å². The number of hydroxylamine groups is 4. The van der Waals surface area contributed by atoms with Crippen LogP contribution in [0, 0.1) is 0 Å². The molecule has 0 unspecified atom stereocenters. The first kappa shape index (κ1) is 48.6. The van der Waals surface area contributed by atoms with Crippen molar-refractivity contribution in [2.75, 3.05) is 18.0 Å². The minimum Gasteiger partial charge on any atom is -0.744 e. The second-order valence-electron chi connectivity index (χ2n) is 17.2. The fourth-order valence-corrected chi connectivity index (χ4v) is 10.0. The van der Waals surface area contributed by atoms with E-state index in [0.717, 1.165) is 11.4 Å². The molecule has 0 atom stereocenters. The summed E-state index contributed by atoms with van der Waals surface area (Å²) in [5, 5.41) is 1.03. The number of rotatable bonds is 19. The van der Waals surface area contributed by atoms with E-state index in [-0.39, 0.29) is 48.3 Å². The second kappa shape index (κ2) is 19.3. The average Bonchev–Trinajstić information content (AvgIpc) is 3.86. The van der Waals surface area contributed by atoms with Gasteiger partial charge in [-0.1, -0.05) is 44.6 Å². The third kappa shape index (κ3) is 10.7. The Labute approximate surface area is 377 Å². The van der Waals surface area contributed by atoms with Crippen molar-refractivity contribution in [3.63, 3.8) is 0 Å². The SMILES string of the molecule is CC1(C)C(=CC=CC=CC2=[N+](CCCCCC(=O)ON3C(=O)CCC3=O)c3cccc(S(=O)(=O)O)c3C2(C)C)N(CCCCCC(=O)ON2C(=O)CCC2=O)c2ccc(S(=O)(=O)[O-])cc21. The maximum absolute atomic E-state index is 12.6. The third-order valence-electron chi connectivity index (χ3n) is 11.9. The first-order valence-electron chi connectivity index (χ1n) is 21.4. The fourth-order valence-electron chi connectivity index (χ4n) is 8.67. The van der Waals surface area contributed by atoms with E-state index in [9.17, 15) is 54.7 Å². The summed E-state index contributed by atoms with van der Waals surface area (Å²) in [6, 6.07) is 8.95. The molecular formula is C45H52N4O14S2. The molecule has 2 aromatic rings. The van der Waals surface area contributed by atoms with Crippen molar-refractivity contribution < 1.29 is 69.0 Å². The van der Waals surface area contributed by atoms with E-state index in [1.165, 1.54) is 18.2 Å². The van der Waals surface area contributed by atoms with Gasteiger partial charge in [-0.25, -0.2) is 18.0 Å². The Morgan fingerprint density at radius 1 is 0.754 bits per heavy atom. The highest BCUT2D eigenvalue weighted by Gasteiger charge is 2.48. The highest BCUT2D eigenvalue weighted by Crippen LogP contribution is 2.49. The summed E-state index contributed by atoms with van der Waals surface area (Å²) in [7, 11) is -9.35. The number of hydrogen-bond donors (Lipinski definition) is 1. The number of benzene rings is 2. The van der Waals surface area contributed by atoms with Crippen molar-refractivity contribution >= 4 is 72.9 Å². The zero-order valence-electron chi connectivity index (χ0n) is 36.6. The van der Waals surface area contributed by atoms with Crippen molar-refractivity contribution in [2.24, 2.45) is 0 Å². The van der Waals surface area contributed by atoms with Gasteiger partial charge in [-0.2, -0.15) is 13.0 Å². The molecular weight excluding hydrogens is 885 g/mol. The summed E-state index contributed by atoms with van der Waals surface area (Å²) in [4.78, 5) is 83.4. The van der Waals surface area contributed by atoms with Gasteiger partial charge in [0.15, 0.2) is 5.71 Å². The molecule has 20 heteroatoms. The molecule has 348 valence electrons. The van der Waals surface area contributed by atoms with Crippen molar-refractivity contribution in [3.05, 3.63) is 83.6 Å². The molecule has 6 rings (SSSR count). The third-order valence-corrected chi connectivity index (χ3v) is 13.7. The molecule has 0 spiro atoms. The van der Waals surface area contributed by atoms with Crippen molar-refractivity contribution in [1.82, 2.24) is 10.1 Å². The van der Waals surface area contributed by atoms with E-state index in [1.54, 1.807) is 36.4 Å². The average molecular weight is 937 g/mol. The molecule has 0 radical (unpaired) electrons. The number of anilines is 1. The molecule has 4 amide bonds. The monoisotopic (exact) mass is 936 g/mol. The molecule has 0 aliphatic carbocycles. The Hall–Kier alpha value is -5.83. The van der Waals surface area contributed by atoms with Crippen LogP contribution in [0.1, 0.15) is 116 Å². The Balaban J connectivity index is 1.19. The van der Waals surface area contributed by atoms with Crippen LogP contribution in [0.4, 0.5) is 11.4 Å². The van der Waals surface area contributed by atoms with Crippen LogP contribution in [0.3, 0.4) is 0 Å². The molecule has 1 N–H and O–H groups in total.